The molecule has 0 aromatic heterocycles. The fraction of sp³-hybridized carbons (Fsp3) is 0.556. The first-order valence-corrected chi connectivity index (χ1v) is 11.7. The van der Waals surface area contributed by atoms with Gasteiger partial charge < -0.3 is 5.32 Å². The first kappa shape index (κ1) is 25.7. The van der Waals surface area contributed by atoms with E-state index >= 15 is 0 Å². The number of hydrogen-bond acceptors (Lipinski definition) is 1. The highest BCUT2D eigenvalue weighted by molar-refractivity contribution is 5.85. The van der Waals surface area contributed by atoms with Gasteiger partial charge in [0.1, 0.15) is 0 Å². The summed E-state index contributed by atoms with van der Waals surface area (Å²) in [4.78, 5) is 0. The lowest BCUT2D eigenvalue weighted by molar-refractivity contribution is 0.536. The quantitative estimate of drug-likeness (QED) is 0.273. The van der Waals surface area contributed by atoms with Crippen molar-refractivity contribution in [1.82, 2.24) is 5.32 Å². The van der Waals surface area contributed by atoms with Gasteiger partial charge in [-0.25, -0.2) is 0 Å². The largest absolute Gasteiger partial charge is 0.317 e. The maximum Gasteiger partial charge on any atom is 0.0101 e. The normalized spacial score (nSPS) is 10.8. The average Bonchev–Trinajstić information content (AvgIpc) is 2.75. The van der Waals surface area contributed by atoms with Crippen LogP contribution in [0.25, 0.3) is 0 Å². The Morgan fingerprint density at radius 2 is 1.03 bits per heavy atom. The summed E-state index contributed by atoms with van der Waals surface area (Å²) in [5.74, 6) is 0.489. The van der Waals surface area contributed by atoms with Crippen molar-refractivity contribution in [2.75, 3.05) is 13.1 Å². The maximum absolute atomic E-state index is 3.68. The molecule has 29 heavy (non-hydrogen) atoms. The summed E-state index contributed by atoms with van der Waals surface area (Å²) in [6.07, 6.45) is 15.2. The summed E-state index contributed by atoms with van der Waals surface area (Å²) in [6.45, 7) is 4.54. The van der Waals surface area contributed by atoms with E-state index in [9.17, 15) is 0 Å². The first-order valence-electron chi connectivity index (χ1n) is 11.7. The Labute approximate surface area is 186 Å². The Morgan fingerprint density at radius 1 is 0.586 bits per heavy atom. The van der Waals surface area contributed by atoms with Crippen LogP contribution in [0.2, 0.25) is 0 Å². The van der Waals surface area contributed by atoms with E-state index in [1.165, 1.54) is 75.3 Å². The minimum atomic E-state index is 0. The predicted octanol–water partition coefficient (Wildman–Crippen LogP) is 8.14. The summed E-state index contributed by atoms with van der Waals surface area (Å²) in [5.41, 5.74) is 2.85. The van der Waals surface area contributed by atoms with Gasteiger partial charge in [0.25, 0.3) is 0 Å². The minimum Gasteiger partial charge on any atom is -0.317 e. The second-order valence-corrected chi connectivity index (χ2v) is 8.09. The molecule has 0 aliphatic heterocycles. The second kappa shape index (κ2) is 17.5. The van der Waals surface area contributed by atoms with Crippen LogP contribution in [0.5, 0.6) is 0 Å². The second-order valence-electron chi connectivity index (χ2n) is 8.09. The van der Waals surface area contributed by atoms with Crippen LogP contribution in [0.3, 0.4) is 0 Å². The van der Waals surface area contributed by atoms with Gasteiger partial charge in [-0.2, -0.15) is 0 Å². The van der Waals surface area contributed by atoms with E-state index in [-0.39, 0.29) is 12.4 Å². The Kier molecular flexibility index (Phi) is 15.6. The van der Waals surface area contributed by atoms with E-state index in [1.807, 2.05) is 0 Å². The zero-order valence-electron chi connectivity index (χ0n) is 18.5. The highest BCUT2D eigenvalue weighted by atomic mass is 35.5. The lowest BCUT2D eigenvalue weighted by Gasteiger charge is -2.18. The summed E-state index contributed by atoms with van der Waals surface area (Å²) in [7, 11) is 0. The van der Waals surface area contributed by atoms with Crippen LogP contribution in [0, 0.1) is 0 Å². The third-order valence-corrected chi connectivity index (χ3v) is 5.72. The van der Waals surface area contributed by atoms with Crippen molar-refractivity contribution in [3.63, 3.8) is 0 Å². The fourth-order valence-corrected chi connectivity index (χ4v) is 4.01. The fourth-order valence-electron chi connectivity index (χ4n) is 4.01. The van der Waals surface area contributed by atoms with Crippen molar-refractivity contribution >= 4 is 12.4 Å². The van der Waals surface area contributed by atoms with Crippen molar-refractivity contribution in [2.45, 2.75) is 83.5 Å². The van der Waals surface area contributed by atoms with Crippen molar-refractivity contribution in [1.29, 1.82) is 0 Å². The molecule has 0 heterocycles. The maximum atomic E-state index is 3.68. The summed E-state index contributed by atoms with van der Waals surface area (Å²) in [6, 6.07) is 21.9. The van der Waals surface area contributed by atoms with Crippen LogP contribution >= 0.6 is 12.4 Å². The van der Waals surface area contributed by atoms with E-state index in [0.29, 0.717) is 5.92 Å². The minimum absolute atomic E-state index is 0. The lowest BCUT2D eigenvalue weighted by atomic mass is 9.88. The van der Waals surface area contributed by atoms with E-state index in [0.717, 1.165) is 19.5 Å². The molecule has 0 aliphatic rings. The number of rotatable bonds is 16. The molecule has 0 saturated carbocycles. The van der Waals surface area contributed by atoms with Gasteiger partial charge in [-0.1, -0.05) is 125 Å². The third kappa shape index (κ3) is 11.5. The van der Waals surface area contributed by atoms with E-state index < -0.39 is 0 Å². The Hall–Kier alpha value is -1.31. The van der Waals surface area contributed by atoms with E-state index in [2.05, 4.69) is 72.9 Å². The summed E-state index contributed by atoms with van der Waals surface area (Å²) >= 11 is 0. The number of benzene rings is 2. The molecule has 0 bridgehead atoms. The predicted molar refractivity (Wildman–Crippen MR) is 131 cm³/mol. The Morgan fingerprint density at radius 3 is 1.52 bits per heavy atom. The Bertz CT molecular complexity index is 545. The number of unbranched alkanes of at least 4 members (excludes halogenated alkanes) is 9. The van der Waals surface area contributed by atoms with Crippen LogP contribution in [0.15, 0.2) is 60.7 Å². The highest BCUT2D eigenvalue weighted by Gasteiger charge is 2.13. The van der Waals surface area contributed by atoms with Gasteiger partial charge in [-0.3, -0.25) is 0 Å². The molecule has 0 atom stereocenters. The monoisotopic (exact) mass is 415 g/mol. The molecule has 0 fully saturated rings. The zero-order chi connectivity index (χ0) is 19.7. The van der Waals surface area contributed by atoms with Gasteiger partial charge >= 0.3 is 0 Å². The van der Waals surface area contributed by atoms with Crippen LogP contribution in [-0.4, -0.2) is 13.1 Å². The molecule has 0 radical (unpaired) electrons. The van der Waals surface area contributed by atoms with Gasteiger partial charge in [0, 0.05) is 5.92 Å². The van der Waals surface area contributed by atoms with Gasteiger partial charge in [0.05, 0.1) is 0 Å². The van der Waals surface area contributed by atoms with Gasteiger partial charge in [-0.15, -0.1) is 12.4 Å². The average molecular weight is 416 g/mol. The molecule has 2 aromatic carbocycles. The first-order chi connectivity index (χ1) is 13.9. The molecular weight excluding hydrogens is 374 g/mol. The molecule has 2 aromatic rings. The molecule has 2 heteroatoms. The molecule has 1 nitrogen and oxygen atoms in total. The molecule has 0 spiro atoms. The van der Waals surface area contributed by atoms with E-state index in [4.69, 9.17) is 0 Å². The van der Waals surface area contributed by atoms with Gasteiger partial charge in [-0.05, 0) is 37.1 Å². The molecular formula is C27H42ClN. The number of hydrogen-bond donors (Lipinski definition) is 1. The lowest BCUT2D eigenvalue weighted by Crippen LogP contribution is -2.19. The SMILES string of the molecule is CCCCCCCCCCCCNCCC(c1ccccc1)c1ccccc1.Cl. The number of nitrogens with one attached hydrogen (secondary N) is 1. The van der Waals surface area contributed by atoms with Crippen molar-refractivity contribution in [3.05, 3.63) is 71.8 Å². The van der Waals surface area contributed by atoms with Gasteiger partial charge in [0.2, 0.25) is 0 Å². The smallest absolute Gasteiger partial charge is 0.0101 e. The van der Waals surface area contributed by atoms with E-state index in [1.54, 1.807) is 0 Å². The standard InChI is InChI=1S/C27H41N.ClH/c1-2-3-4-5-6-7-8-9-10-17-23-28-24-22-27(25-18-13-11-14-19-25)26-20-15-12-16-21-26;/h11-16,18-21,27-28H,2-10,17,22-24H2,1H3;1H. The zero-order valence-corrected chi connectivity index (χ0v) is 19.3. The molecule has 0 aliphatic carbocycles. The van der Waals surface area contributed by atoms with Crippen LogP contribution in [0.4, 0.5) is 0 Å². The molecule has 0 amide bonds. The molecule has 0 saturated heterocycles. The van der Waals surface area contributed by atoms with Crippen molar-refractivity contribution in [3.8, 4) is 0 Å². The van der Waals surface area contributed by atoms with Crippen LogP contribution in [-0.2, 0) is 0 Å². The molecule has 1 N–H and O–H groups in total. The molecule has 0 unspecified atom stereocenters. The topological polar surface area (TPSA) is 12.0 Å². The summed E-state index contributed by atoms with van der Waals surface area (Å²) in [5, 5.41) is 3.68. The number of halogens is 1. The van der Waals surface area contributed by atoms with Crippen molar-refractivity contribution in [2.24, 2.45) is 0 Å². The summed E-state index contributed by atoms with van der Waals surface area (Å²) < 4.78 is 0. The molecule has 162 valence electrons. The molecule has 2 rings (SSSR count). The van der Waals surface area contributed by atoms with Crippen molar-refractivity contribution < 1.29 is 0 Å². The van der Waals surface area contributed by atoms with Crippen LogP contribution in [0.1, 0.15) is 94.6 Å². The Balaban J connectivity index is 0.00000420. The highest BCUT2D eigenvalue weighted by Crippen LogP contribution is 2.27. The van der Waals surface area contributed by atoms with Crippen LogP contribution < -0.4 is 5.32 Å². The third-order valence-electron chi connectivity index (χ3n) is 5.72. The van der Waals surface area contributed by atoms with Gasteiger partial charge in [0.15, 0.2) is 0 Å².